The van der Waals surface area contributed by atoms with E-state index in [0.29, 0.717) is 23.9 Å². The van der Waals surface area contributed by atoms with E-state index in [4.69, 9.17) is 5.73 Å². The van der Waals surface area contributed by atoms with Crippen molar-refractivity contribution in [2.45, 2.75) is 58.4 Å². The van der Waals surface area contributed by atoms with Crippen LogP contribution in [0.3, 0.4) is 0 Å². The second kappa shape index (κ2) is 8.97. The third kappa shape index (κ3) is 5.45. The molecule has 1 fully saturated rings. The highest BCUT2D eigenvalue weighted by Crippen LogP contribution is 2.24. The number of amides is 1. The Balaban J connectivity index is 1.78. The Labute approximate surface area is 145 Å². The topological polar surface area (TPSA) is 72.2 Å². The minimum absolute atomic E-state index is 0.0306. The molecule has 4 heteroatoms. The molecule has 1 amide bonds. The number of benzene rings is 1. The van der Waals surface area contributed by atoms with Crippen LogP contribution >= 0.6 is 0 Å². The van der Waals surface area contributed by atoms with Crippen molar-refractivity contribution in [2.24, 2.45) is 17.6 Å². The minimum Gasteiger partial charge on any atom is -0.353 e. The predicted octanol–water partition coefficient (Wildman–Crippen LogP) is 3.09. The predicted molar refractivity (Wildman–Crippen MR) is 96.9 cm³/mol. The highest BCUT2D eigenvalue weighted by molar-refractivity contribution is 5.98. The largest absolute Gasteiger partial charge is 0.353 e. The Hall–Kier alpha value is -1.68. The van der Waals surface area contributed by atoms with Crippen LogP contribution in [0.25, 0.3) is 0 Å². The van der Waals surface area contributed by atoms with Crippen molar-refractivity contribution in [1.82, 2.24) is 5.32 Å². The maximum absolute atomic E-state index is 12.2. The summed E-state index contributed by atoms with van der Waals surface area (Å²) in [6.45, 7) is 4.97. The number of rotatable bonds is 8. The van der Waals surface area contributed by atoms with Gasteiger partial charge in [-0.3, -0.25) is 9.59 Å². The van der Waals surface area contributed by atoms with Gasteiger partial charge in [0.05, 0.1) is 0 Å². The number of nitrogens with one attached hydrogen (secondary N) is 1. The molecule has 0 aromatic heterocycles. The van der Waals surface area contributed by atoms with E-state index in [-0.39, 0.29) is 30.6 Å². The third-order valence-corrected chi connectivity index (χ3v) is 4.81. The van der Waals surface area contributed by atoms with Gasteiger partial charge < -0.3 is 11.1 Å². The summed E-state index contributed by atoms with van der Waals surface area (Å²) in [6, 6.07) is 7.96. The van der Waals surface area contributed by atoms with Gasteiger partial charge in [0.1, 0.15) is 0 Å². The Morgan fingerprint density at radius 3 is 2.50 bits per heavy atom. The van der Waals surface area contributed by atoms with Gasteiger partial charge in [-0.05, 0) is 43.2 Å². The second-order valence-electron chi connectivity index (χ2n) is 7.32. The first-order valence-electron chi connectivity index (χ1n) is 9.11. The molecular weight excluding hydrogens is 300 g/mol. The molecule has 1 aromatic rings. The van der Waals surface area contributed by atoms with Crippen LogP contribution in [0.15, 0.2) is 24.3 Å². The monoisotopic (exact) mass is 330 g/mol. The van der Waals surface area contributed by atoms with Crippen molar-refractivity contribution >= 4 is 11.7 Å². The average molecular weight is 330 g/mol. The van der Waals surface area contributed by atoms with Crippen LogP contribution in [0.2, 0.25) is 0 Å². The van der Waals surface area contributed by atoms with Crippen molar-refractivity contribution in [3.05, 3.63) is 35.4 Å². The summed E-state index contributed by atoms with van der Waals surface area (Å²) in [5.74, 6) is 0.981. The quantitative estimate of drug-likeness (QED) is 0.720. The van der Waals surface area contributed by atoms with E-state index >= 15 is 0 Å². The van der Waals surface area contributed by atoms with E-state index < -0.39 is 0 Å². The maximum atomic E-state index is 12.2. The molecule has 1 aliphatic carbocycles. The van der Waals surface area contributed by atoms with Crippen molar-refractivity contribution in [3.63, 3.8) is 0 Å². The van der Waals surface area contributed by atoms with Crippen molar-refractivity contribution < 1.29 is 9.59 Å². The lowest BCUT2D eigenvalue weighted by molar-refractivity contribution is -0.122. The number of carbonyl (C=O) groups is 2. The van der Waals surface area contributed by atoms with Gasteiger partial charge in [0.2, 0.25) is 5.91 Å². The lowest BCUT2D eigenvalue weighted by Crippen LogP contribution is -2.39. The second-order valence-corrected chi connectivity index (χ2v) is 7.32. The molecular formula is C20H30N2O2. The zero-order chi connectivity index (χ0) is 17.5. The van der Waals surface area contributed by atoms with Gasteiger partial charge in [-0.25, -0.2) is 0 Å². The van der Waals surface area contributed by atoms with Crippen molar-refractivity contribution in [1.29, 1.82) is 0 Å². The molecule has 4 nitrogen and oxygen atoms in total. The van der Waals surface area contributed by atoms with Crippen LogP contribution in [-0.4, -0.2) is 24.3 Å². The van der Waals surface area contributed by atoms with Crippen LogP contribution in [-0.2, 0) is 11.2 Å². The van der Waals surface area contributed by atoms with Crippen LogP contribution in [0, 0.1) is 11.8 Å². The Morgan fingerprint density at radius 2 is 1.88 bits per heavy atom. The summed E-state index contributed by atoms with van der Waals surface area (Å²) in [5.41, 5.74) is 7.67. The Morgan fingerprint density at radius 1 is 1.17 bits per heavy atom. The van der Waals surface area contributed by atoms with Crippen molar-refractivity contribution in [3.8, 4) is 0 Å². The number of hydrogen-bond acceptors (Lipinski definition) is 3. The van der Waals surface area contributed by atoms with Gasteiger partial charge >= 0.3 is 0 Å². The van der Waals surface area contributed by atoms with Gasteiger partial charge in [-0.15, -0.1) is 0 Å². The van der Waals surface area contributed by atoms with Gasteiger partial charge in [0.25, 0.3) is 0 Å². The molecule has 0 spiro atoms. The first-order valence-corrected chi connectivity index (χ1v) is 9.11. The molecule has 24 heavy (non-hydrogen) atoms. The van der Waals surface area contributed by atoms with Gasteiger partial charge in [0, 0.05) is 24.4 Å². The van der Waals surface area contributed by atoms with Gasteiger partial charge in [0.15, 0.2) is 5.78 Å². The maximum Gasteiger partial charge on any atom is 0.220 e. The molecule has 3 N–H and O–H groups in total. The van der Waals surface area contributed by atoms with E-state index in [1.165, 1.54) is 5.56 Å². The number of ketones is 1. The van der Waals surface area contributed by atoms with E-state index in [1.54, 1.807) is 0 Å². The molecule has 2 rings (SSSR count). The molecule has 1 saturated carbocycles. The van der Waals surface area contributed by atoms with Crippen LogP contribution in [0.1, 0.15) is 61.9 Å². The third-order valence-electron chi connectivity index (χ3n) is 4.81. The first-order chi connectivity index (χ1) is 11.5. The number of nitrogens with two attached hydrogens (primary N) is 1. The molecule has 0 saturated heterocycles. The summed E-state index contributed by atoms with van der Waals surface area (Å²) in [5, 5.41) is 3.05. The molecule has 2 atom stereocenters. The van der Waals surface area contributed by atoms with Crippen LogP contribution in [0.5, 0.6) is 0 Å². The molecule has 1 aromatic carbocycles. The summed E-state index contributed by atoms with van der Waals surface area (Å²) in [7, 11) is 0. The molecule has 0 radical (unpaired) electrons. The van der Waals surface area contributed by atoms with E-state index in [2.05, 4.69) is 19.2 Å². The number of Topliss-reactive ketones (excluding diaryl/α,β-unsaturated/α-hetero) is 1. The standard InChI is InChI=1S/C20H30N2O2/c1-14(2)12-15-6-8-16(9-7-15)19(23)10-11-20(24)22-18-5-3-4-17(18)13-21/h6-9,14,17-18H,3-5,10-13,21H2,1-2H3,(H,22,24). The van der Waals surface area contributed by atoms with E-state index in [1.807, 2.05) is 24.3 Å². The fraction of sp³-hybridized carbons (Fsp3) is 0.600. The highest BCUT2D eigenvalue weighted by atomic mass is 16.2. The van der Waals surface area contributed by atoms with Crippen LogP contribution < -0.4 is 11.1 Å². The first kappa shape index (κ1) is 18.7. The summed E-state index contributed by atoms with van der Waals surface area (Å²) < 4.78 is 0. The van der Waals surface area contributed by atoms with Crippen LogP contribution in [0.4, 0.5) is 0 Å². The molecule has 0 bridgehead atoms. The Kier molecular flexibility index (Phi) is 6.98. The summed E-state index contributed by atoms with van der Waals surface area (Å²) >= 11 is 0. The zero-order valence-electron chi connectivity index (χ0n) is 14.9. The smallest absolute Gasteiger partial charge is 0.220 e. The molecule has 0 heterocycles. The number of hydrogen-bond donors (Lipinski definition) is 2. The lowest BCUT2D eigenvalue weighted by Gasteiger charge is -2.19. The van der Waals surface area contributed by atoms with Gasteiger partial charge in [-0.1, -0.05) is 44.5 Å². The van der Waals surface area contributed by atoms with Crippen molar-refractivity contribution in [2.75, 3.05) is 6.54 Å². The SMILES string of the molecule is CC(C)Cc1ccc(C(=O)CCC(=O)NC2CCCC2CN)cc1. The minimum atomic E-state index is -0.0369. The molecule has 2 unspecified atom stereocenters. The normalized spacial score (nSPS) is 20.3. The Bertz CT molecular complexity index is 551. The number of carbonyl (C=O) groups excluding carboxylic acids is 2. The lowest BCUT2D eigenvalue weighted by atomic mass is 9.99. The fourth-order valence-electron chi connectivity index (χ4n) is 3.46. The molecule has 1 aliphatic rings. The van der Waals surface area contributed by atoms with Gasteiger partial charge in [-0.2, -0.15) is 0 Å². The molecule has 0 aliphatic heterocycles. The molecule has 132 valence electrons. The summed E-state index contributed by atoms with van der Waals surface area (Å²) in [6.07, 6.45) is 4.73. The zero-order valence-corrected chi connectivity index (χ0v) is 14.9. The summed E-state index contributed by atoms with van der Waals surface area (Å²) in [4.78, 5) is 24.3. The fourth-order valence-corrected chi connectivity index (χ4v) is 3.46. The van der Waals surface area contributed by atoms with E-state index in [0.717, 1.165) is 25.7 Å². The highest BCUT2D eigenvalue weighted by Gasteiger charge is 2.27. The average Bonchev–Trinajstić information content (AvgIpc) is 3.00. The van der Waals surface area contributed by atoms with E-state index in [9.17, 15) is 9.59 Å².